The minimum absolute atomic E-state index is 0.238. The minimum Gasteiger partial charge on any atom is -0.497 e. The Hall–Kier alpha value is -2.67. The fourth-order valence-electron chi connectivity index (χ4n) is 2.26. The maximum atomic E-state index is 6.09. The van der Waals surface area contributed by atoms with E-state index in [1.165, 1.54) is 15.8 Å². The largest absolute Gasteiger partial charge is 0.497 e. The number of hydrogen-bond donors (Lipinski definition) is 1. The zero-order valence-corrected chi connectivity index (χ0v) is 15.0. The SMILES string of the molecule is COc1cccc(OCc2nnc(SCc3ccccc3C)n2N)c1. The molecule has 7 heteroatoms. The van der Waals surface area contributed by atoms with Gasteiger partial charge in [0.15, 0.2) is 5.82 Å². The highest BCUT2D eigenvalue weighted by Crippen LogP contribution is 2.23. The van der Waals surface area contributed by atoms with Gasteiger partial charge in [-0.25, -0.2) is 4.68 Å². The molecule has 0 aliphatic carbocycles. The minimum atomic E-state index is 0.238. The predicted molar refractivity (Wildman–Crippen MR) is 98.2 cm³/mol. The molecule has 3 rings (SSSR count). The number of methoxy groups -OCH3 is 1. The van der Waals surface area contributed by atoms with Crippen molar-refractivity contribution in [2.24, 2.45) is 0 Å². The van der Waals surface area contributed by atoms with Gasteiger partial charge in [0.2, 0.25) is 5.16 Å². The molecule has 0 radical (unpaired) electrons. The van der Waals surface area contributed by atoms with Gasteiger partial charge < -0.3 is 15.3 Å². The Morgan fingerprint density at radius 2 is 1.88 bits per heavy atom. The molecule has 2 aromatic carbocycles. The topological polar surface area (TPSA) is 75.2 Å². The van der Waals surface area contributed by atoms with Crippen molar-refractivity contribution in [1.82, 2.24) is 14.9 Å². The first-order chi connectivity index (χ1) is 12.2. The van der Waals surface area contributed by atoms with Gasteiger partial charge in [-0.1, -0.05) is 42.1 Å². The highest BCUT2D eigenvalue weighted by atomic mass is 32.2. The number of rotatable bonds is 7. The van der Waals surface area contributed by atoms with E-state index in [9.17, 15) is 0 Å². The summed E-state index contributed by atoms with van der Waals surface area (Å²) >= 11 is 1.55. The van der Waals surface area contributed by atoms with Crippen LogP contribution in [0.4, 0.5) is 0 Å². The molecule has 0 atom stereocenters. The van der Waals surface area contributed by atoms with E-state index in [1.54, 1.807) is 18.9 Å². The highest BCUT2D eigenvalue weighted by molar-refractivity contribution is 7.98. The lowest BCUT2D eigenvalue weighted by molar-refractivity contribution is 0.289. The second kappa shape index (κ2) is 7.94. The number of ether oxygens (including phenoxy) is 2. The average molecular weight is 356 g/mol. The van der Waals surface area contributed by atoms with Crippen molar-refractivity contribution in [1.29, 1.82) is 0 Å². The first-order valence-electron chi connectivity index (χ1n) is 7.81. The molecule has 2 N–H and O–H groups in total. The summed E-state index contributed by atoms with van der Waals surface area (Å²) < 4.78 is 12.4. The molecule has 25 heavy (non-hydrogen) atoms. The molecule has 6 nitrogen and oxygen atoms in total. The van der Waals surface area contributed by atoms with Crippen LogP contribution in [0.25, 0.3) is 0 Å². The van der Waals surface area contributed by atoms with Gasteiger partial charge in [0, 0.05) is 11.8 Å². The summed E-state index contributed by atoms with van der Waals surface area (Å²) in [5.74, 6) is 8.88. The van der Waals surface area contributed by atoms with Crippen LogP contribution in [0.15, 0.2) is 53.7 Å². The zero-order chi connectivity index (χ0) is 17.6. The molecule has 3 aromatic rings. The van der Waals surface area contributed by atoms with Crippen molar-refractivity contribution in [3.63, 3.8) is 0 Å². The van der Waals surface area contributed by atoms with Crippen molar-refractivity contribution in [3.05, 3.63) is 65.5 Å². The zero-order valence-electron chi connectivity index (χ0n) is 14.2. The number of aromatic nitrogens is 3. The number of nitrogen functional groups attached to an aromatic ring is 1. The molecule has 0 spiro atoms. The van der Waals surface area contributed by atoms with Crippen LogP contribution in [0.5, 0.6) is 11.5 Å². The smallest absolute Gasteiger partial charge is 0.210 e. The van der Waals surface area contributed by atoms with E-state index < -0.39 is 0 Å². The normalized spacial score (nSPS) is 10.6. The Bertz CT molecular complexity index is 851. The number of nitrogens with zero attached hydrogens (tertiary/aromatic N) is 3. The lowest BCUT2D eigenvalue weighted by Gasteiger charge is -2.08. The molecule has 1 heterocycles. The molecule has 0 saturated heterocycles. The summed E-state index contributed by atoms with van der Waals surface area (Å²) in [6.45, 7) is 2.33. The lowest BCUT2D eigenvalue weighted by Crippen LogP contribution is -2.15. The Kier molecular flexibility index (Phi) is 5.45. The second-order valence-corrected chi connectivity index (χ2v) is 6.39. The first-order valence-corrected chi connectivity index (χ1v) is 8.79. The van der Waals surface area contributed by atoms with Crippen molar-refractivity contribution in [3.8, 4) is 11.5 Å². The van der Waals surface area contributed by atoms with E-state index in [0.29, 0.717) is 16.7 Å². The third-order valence-corrected chi connectivity index (χ3v) is 4.75. The average Bonchev–Trinajstić information content (AvgIpc) is 2.99. The molecule has 0 aliphatic rings. The Labute approximate surface area is 150 Å². The monoisotopic (exact) mass is 356 g/mol. The number of benzene rings is 2. The fraction of sp³-hybridized carbons (Fsp3) is 0.222. The quantitative estimate of drug-likeness (QED) is 0.518. The summed E-state index contributed by atoms with van der Waals surface area (Å²) in [6.07, 6.45) is 0. The van der Waals surface area contributed by atoms with Crippen molar-refractivity contribution in [2.45, 2.75) is 24.4 Å². The van der Waals surface area contributed by atoms with Crippen molar-refractivity contribution in [2.75, 3.05) is 13.0 Å². The van der Waals surface area contributed by atoms with Gasteiger partial charge in [0.05, 0.1) is 7.11 Å². The fourth-order valence-corrected chi connectivity index (χ4v) is 3.21. The summed E-state index contributed by atoms with van der Waals surface area (Å²) in [4.78, 5) is 0. The van der Waals surface area contributed by atoms with E-state index in [0.717, 1.165) is 11.5 Å². The van der Waals surface area contributed by atoms with Crippen LogP contribution >= 0.6 is 11.8 Å². The molecule has 0 aliphatic heterocycles. The summed E-state index contributed by atoms with van der Waals surface area (Å²) in [6, 6.07) is 15.7. The number of nitrogens with two attached hydrogens (primary N) is 1. The van der Waals surface area contributed by atoms with Gasteiger partial charge in [-0.05, 0) is 30.2 Å². The molecule has 0 amide bonds. The van der Waals surface area contributed by atoms with Gasteiger partial charge in [-0.3, -0.25) is 0 Å². The summed E-state index contributed by atoms with van der Waals surface area (Å²) in [5, 5.41) is 8.93. The maximum Gasteiger partial charge on any atom is 0.210 e. The standard InChI is InChI=1S/C18H20N4O2S/c1-13-6-3-4-7-14(13)12-25-18-21-20-17(22(18)19)11-24-16-9-5-8-15(10-16)23-2/h3-10H,11-12,19H2,1-2H3. The van der Waals surface area contributed by atoms with Crippen LogP contribution in [0.3, 0.4) is 0 Å². The van der Waals surface area contributed by atoms with Gasteiger partial charge in [0.1, 0.15) is 18.1 Å². The van der Waals surface area contributed by atoms with E-state index in [1.807, 2.05) is 36.4 Å². The van der Waals surface area contributed by atoms with Crippen LogP contribution < -0.4 is 15.3 Å². The molecule has 0 bridgehead atoms. The lowest BCUT2D eigenvalue weighted by atomic mass is 10.1. The van der Waals surface area contributed by atoms with E-state index in [-0.39, 0.29) is 6.61 Å². The van der Waals surface area contributed by atoms with E-state index >= 15 is 0 Å². The van der Waals surface area contributed by atoms with Crippen LogP contribution in [0.1, 0.15) is 17.0 Å². The molecule has 0 fully saturated rings. The first kappa shape index (κ1) is 17.2. The van der Waals surface area contributed by atoms with E-state index in [2.05, 4.69) is 29.3 Å². The third-order valence-electron chi connectivity index (χ3n) is 3.76. The number of thioether (sulfide) groups is 1. The van der Waals surface area contributed by atoms with Crippen LogP contribution in [0.2, 0.25) is 0 Å². The Balaban J connectivity index is 1.62. The maximum absolute atomic E-state index is 6.09. The molecule has 1 aromatic heterocycles. The third kappa shape index (κ3) is 4.24. The van der Waals surface area contributed by atoms with Crippen molar-refractivity contribution < 1.29 is 9.47 Å². The Morgan fingerprint density at radius 3 is 2.68 bits per heavy atom. The Morgan fingerprint density at radius 1 is 1.08 bits per heavy atom. The van der Waals surface area contributed by atoms with Gasteiger partial charge in [0.25, 0.3) is 0 Å². The van der Waals surface area contributed by atoms with Gasteiger partial charge in [-0.2, -0.15) is 0 Å². The van der Waals surface area contributed by atoms with E-state index in [4.69, 9.17) is 15.3 Å². The molecule has 0 unspecified atom stereocenters. The van der Waals surface area contributed by atoms with Crippen LogP contribution in [-0.2, 0) is 12.4 Å². The predicted octanol–water partition coefficient (Wildman–Crippen LogP) is 3.18. The number of aryl methyl sites for hydroxylation is 1. The molecule has 130 valence electrons. The van der Waals surface area contributed by atoms with Gasteiger partial charge in [-0.15, -0.1) is 10.2 Å². The highest BCUT2D eigenvalue weighted by Gasteiger charge is 2.11. The van der Waals surface area contributed by atoms with Crippen molar-refractivity contribution >= 4 is 11.8 Å². The summed E-state index contributed by atoms with van der Waals surface area (Å²) in [5.41, 5.74) is 2.50. The second-order valence-electron chi connectivity index (χ2n) is 5.45. The van der Waals surface area contributed by atoms with Crippen LogP contribution in [-0.4, -0.2) is 22.0 Å². The molecular weight excluding hydrogens is 336 g/mol. The van der Waals surface area contributed by atoms with Crippen LogP contribution in [0, 0.1) is 6.92 Å². The molecular formula is C18H20N4O2S. The molecule has 0 saturated carbocycles. The number of hydrogen-bond acceptors (Lipinski definition) is 6. The van der Waals surface area contributed by atoms with Gasteiger partial charge >= 0.3 is 0 Å². The summed E-state index contributed by atoms with van der Waals surface area (Å²) in [7, 11) is 1.62.